The predicted molar refractivity (Wildman–Crippen MR) is 81.7 cm³/mol. The average molecular weight is 271 g/mol. The molecular formula is C15H33N3O. The van der Waals surface area contributed by atoms with E-state index in [0.29, 0.717) is 12.1 Å². The van der Waals surface area contributed by atoms with Crippen LogP contribution < -0.4 is 5.32 Å². The molecule has 1 fully saturated rings. The molecule has 1 aliphatic heterocycles. The van der Waals surface area contributed by atoms with E-state index >= 15 is 0 Å². The molecule has 2 unspecified atom stereocenters. The standard InChI is InChI=1S/C15H33N3O/c1-5-9-16-14(8-6-12-19-4)15-13-17(2)10-7-11-18(15)3/h14-16H,5-13H2,1-4H3. The number of hydrogen-bond acceptors (Lipinski definition) is 4. The smallest absolute Gasteiger partial charge is 0.0462 e. The van der Waals surface area contributed by atoms with Gasteiger partial charge in [-0.2, -0.15) is 0 Å². The van der Waals surface area contributed by atoms with Crippen LogP contribution >= 0.6 is 0 Å². The zero-order valence-electron chi connectivity index (χ0n) is 13.3. The summed E-state index contributed by atoms with van der Waals surface area (Å²) in [5, 5.41) is 3.75. The molecule has 0 amide bonds. The monoisotopic (exact) mass is 271 g/mol. The average Bonchev–Trinajstić information content (AvgIpc) is 2.56. The van der Waals surface area contributed by atoms with Gasteiger partial charge < -0.3 is 19.9 Å². The molecule has 1 N–H and O–H groups in total. The van der Waals surface area contributed by atoms with Crippen molar-refractivity contribution in [3.05, 3.63) is 0 Å². The highest BCUT2D eigenvalue weighted by Crippen LogP contribution is 2.14. The lowest BCUT2D eigenvalue weighted by Crippen LogP contribution is -2.52. The van der Waals surface area contributed by atoms with Crippen LogP contribution in [-0.4, -0.2) is 75.9 Å². The third-order valence-electron chi connectivity index (χ3n) is 4.10. The molecule has 0 spiro atoms. The van der Waals surface area contributed by atoms with E-state index in [2.05, 4.69) is 36.1 Å². The fraction of sp³-hybridized carbons (Fsp3) is 1.00. The molecule has 0 aromatic carbocycles. The predicted octanol–water partition coefficient (Wildman–Crippen LogP) is 1.42. The summed E-state index contributed by atoms with van der Waals surface area (Å²) in [4.78, 5) is 5.02. The van der Waals surface area contributed by atoms with Gasteiger partial charge in [0, 0.05) is 32.3 Å². The largest absolute Gasteiger partial charge is 0.385 e. The van der Waals surface area contributed by atoms with Crippen LogP contribution in [-0.2, 0) is 4.74 Å². The van der Waals surface area contributed by atoms with Gasteiger partial charge in [0.2, 0.25) is 0 Å². The Bertz CT molecular complexity index is 225. The maximum Gasteiger partial charge on any atom is 0.0462 e. The van der Waals surface area contributed by atoms with Crippen molar-refractivity contribution in [1.29, 1.82) is 0 Å². The van der Waals surface area contributed by atoms with Crippen molar-refractivity contribution < 1.29 is 4.74 Å². The number of hydrogen-bond donors (Lipinski definition) is 1. The number of nitrogens with one attached hydrogen (secondary N) is 1. The van der Waals surface area contributed by atoms with Crippen LogP contribution in [0.2, 0.25) is 0 Å². The zero-order chi connectivity index (χ0) is 14.1. The number of likely N-dealkylation sites (N-methyl/N-ethyl adjacent to an activating group) is 2. The molecule has 0 aromatic heterocycles. The molecule has 1 aliphatic rings. The minimum absolute atomic E-state index is 0.584. The second kappa shape index (κ2) is 9.70. The molecule has 0 bridgehead atoms. The first-order chi connectivity index (χ1) is 9.19. The number of methoxy groups -OCH3 is 1. The second-order valence-electron chi connectivity index (χ2n) is 5.86. The summed E-state index contributed by atoms with van der Waals surface area (Å²) in [7, 11) is 6.32. The van der Waals surface area contributed by atoms with Gasteiger partial charge in [-0.1, -0.05) is 6.92 Å². The molecule has 4 nitrogen and oxygen atoms in total. The van der Waals surface area contributed by atoms with Gasteiger partial charge in [-0.15, -0.1) is 0 Å². The quantitative estimate of drug-likeness (QED) is 0.676. The highest BCUT2D eigenvalue weighted by molar-refractivity contribution is 4.87. The van der Waals surface area contributed by atoms with Gasteiger partial charge in [0.05, 0.1) is 0 Å². The summed E-state index contributed by atoms with van der Waals surface area (Å²) >= 11 is 0. The first-order valence-electron chi connectivity index (χ1n) is 7.80. The molecule has 114 valence electrons. The lowest BCUT2D eigenvalue weighted by atomic mass is 10.0. The van der Waals surface area contributed by atoms with E-state index in [1.165, 1.54) is 38.9 Å². The van der Waals surface area contributed by atoms with Crippen LogP contribution in [0.15, 0.2) is 0 Å². The highest BCUT2D eigenvalue weighted by atomic mass is 16.5. The Morgan fingerprint density at radius 3 is 2.79 bits per heavy atom. The molecule has 19 heavy (non-hydrogen) atoms. The molecule has 0 radical (unpaired) electrons. The number of ether oxygens (including phenoxy) is 1. The van der Waals surface area contributed by atoms with Crippen LogP contribution in [0.4, 0.5) is 0 Å². The molecule has 1 heterocycles. The number of nitrogens with zero attached hydrogens (tertiary/aromatic N) is 2. The van der Waals surface area contributed by atoms with Crippen molar-refractivity contribution in [2.24, 2.45) is 0 Å². The van der Waals surface area contributed by atoms with E-state index in [-0.39, 0.29) is 0 Å². The van der Waals surface area contributed by atoms with Crippen molar-refractivity contribution in [3.63, 3.8) is 0 Å². The first-order valence-corrected chi connectivity index (χ1v) is 7.80. The van der Waals surface area contributed by atoms with Crippen molar-refractivity contribution in [1.82, 2.24) is 15.1 Å². The van der Waals surface area contributed by atoms with Crippen LogP contribution in [0.3, 0.4) is 0 Å². The Balaban J connectivity index is 2.57. The third-order valence-corrected chi connectivity index (χ3v) is 4.10. The lowest BCUT2D eigenvalue weighted by Gasteiger charge is -2.35. The molecule has 0 aromatic rings. The van der Waals surface area contributed by atoms with Gasteiger partial charge >= 0.3 is 0 Å². The summed E-state index contributed by atoms with van der Waals surface area (Å²) in [6.07, 6.45) is 4.83. The maximum absolute atomic E-state index is 5.20. The summed E-state index contributed by atoms with van der Waals surface area (Å²) in [6.45, 7) is 7.83. The SMILES string of the molecule is CCCNC(CCCOC)C1CN(C)CCCN1C. The summed E-state index contributed by atoms with van der Waals surface area (Å²) in [5.41, 5.74) is 0. The molecule has 4 heteroatoms. The Labute approximate surface area is 119 Å². The summed E-state index contributed by atoms with van der Waals surface area (Å²) in [5.74, 6) is 0. The van der Waals surface area contributed by atoms with E-state index in [1.54, 1.807) is 7.11 Å². The van der Waals surface area contributed by atoms with E-state index < -0.39 is 0 Å². The minimum Gasteiger partial charge on any atom is -0.385 e. The Kier molecular flexibility index (Phi) is 8.62. The molecule has 2 atom stereocenters. The molecule has 1 rings (SSSR count). The fourth-order valence-electron chi connectivity index (χ4n) is 2.95. The minimum atomic E-state index is 0.584. The van der Waals surface area contributed by atoms with E-state index in [0.717, 1.165) is 19.6 Å². The molecule has 0 aliphatic carbocycles. The Morgan fingerprint density at radius 1 is 1.32 bits per heavy atom. The third kappa shape index (κ3) is 6.21. The van der Waals surface area contributed by atoms with E-state index in [4.69, 9.17) is 4.74 Å². The summed E-state index contributed by atoms with van der Waals surface area (Å²) < 4.78 is 5.20. The molecule has 1 saturated heterocycles. The van der Waals surface area contributed by atoms with Crippen LogP contribution in [0.5, 0.6) is 0 Å². The Hall–Kier alpha value is -0.160. The Morgan fingerprint density at radius 2 is 2.11 bits per heavy atom. The zero-order valence-corrected chi connectivity index (χ0v) is 13.3. The second-order valence-corrected chi connectivity index (χ2v) is 5.86. The van der Waals surface area contributed by atoms with Crippen LogP contribution in [0, 0.1) is 0 Å². The van der Waals surface area contributed by atoms with Crippen molar-refractivity contribution >= 4 is 0 Å². The van der Waals surface area contributed by atoms with Crippen molar-refractivity contribution in [3.8, 4) is 0 Å². The van der Waals surface area contributed by atoms with Gasteiger partial charge in [-0.3, -0.25) is 0 Å². The van der Waals surface area contributed by atoms with Crippen LogP contribution in [0.25, 0.3) is 0 Å². The first kappa shape index (κ1) is 16.9. The van der Waals surface area contributed by atoms with Crippen molar-refractivity contribution in [2.45, 2.75) is 44.7 Å². The maximum atomic E-state index is 5.20. The molecule has 0 saturated carbocycles. The normalized spacial score (nSPS) is 24.3. The lowest BCUT2D eigenvalue weighted by molar-refractivity contribution is 0.152. The van der Waals surface area contributed by atoms with Gasteiger partial charge in [-0.25, -0.2) is 0 Å². The van der Waals surface area contributed by atoms with Crippen LogP contribution in [0.1, 0.15) is 32.6 Å². The number of rotatable bonds is 8. The van der Waals surface area contributed by atoms with E-state index in [9.17, 15) is 0 Å². The summed E-state index contributed by atoms with van der Waals surface area (Å²) in [6, 6.07) is 1.21. The van der Waals surface area contributed by atoms with Gasteiger partial charge in [0.1, 0.15) is 0 Å². The van der Waals surface area contributed by atoms with Gasteiger partial charge in [-0.05, 0) is 59.4 Å². The molecular weight excluding hydrogens is 238 g/mol. The topological polar surface area (TPSA) is 27.7 Å². The van der Waals surface area contributed by atoms with Crippen molar-refractivity contribution in [2.75, 3.05) is 54.0 Å². The van der Waals surface area contributed by atoms with Gasteiger partial charge in [0.15, 0.2) is 0 Å². The fourth-order valence-corrected chi connectivity index (χ4v) is 2.95. The van der Waals surface area contributed by atoms with Gasteiger partial charge in [0.25, 0.3) is 0 Å². The van der Waals surface area contributed by atoms with E-state index in [1.807, 2.05) is 0 Å². The highest BCUT2D eigenvalue weighted by Gasteiger charge is 2.27.